The van der Waals surface area contributed by atoms with Gasteiger partial charge in [-0.3, -0.25) is 14.9 Å². The molecule has 0 aliphatic carbocycles. The average Bonchev–Trinajstić information content (AvgIpc) is 2.66. The van der Waals surface area contributed by atoms with E-state index in [4.69, 9.17) is 9.47 Å². The minimum absolute atomic E-state index is 0.0108. The van der Waals surface area contributed by atoms with Gasteiger partial charge in [0.15, 0.2) is 6.10 Å². The van der Waals surface area contributed by atoms with Gasteiger partial charge in [0.25, 0.3) is 11.6 Å². The van der Waals surface area contributed by atoms with Gasteiger partial charge in [-0.1, -0.05) is 24.3 Å². The standard InChI is InChI=1S/C19H20N2O6/c1-12-8-9-14(10-16(12)21(24)25)19(23)27-13(2)18(22)20-11-15-6-4-5-7-17(15)26-3/h4-10,13H,11H2,1-3H3,(H,20,22)/t13-/m1/s1. The molecular formula is C19H20N2O6. The van der Waals surface area contributed by atoms with Gasteiger partial charge in [-0.05, 0) is 26.0 Å². The number of para-hydroxylation sites is 1. The fraction of sp³-hybridized carbons (Fsp3) is 0.263. The summed E-state index contributed by atoms with van der Waals surface area (Å²) >= 11 is 0. The number of benzene rings is 2. The quantitative estimate of drug-likeness (QED) is 0.455. The van der Waals surface area contributed by atoms with E-state index in [2.05, 4.69) is 5.32 Å². The lowest BCUT2D eigenvalue weighted by molar-refractivity contribution is -0.385. The van der Waals surface area contributed by atoms with Crippen molar-refractivity contribution in [1.29, 1.82) is 0 Å². The second-order valence-corrected chi connectivity index (χ2v) is 5.84. The Morgan fingerprint density at radius 3 is 2.59 bits per heavy atom. The number of carbonyl (C=O) groups excluding carboxylic acids is 2. The maximum atomic E-state index is 12.2. The van der Waals surface area contributed by atoms with E-state index in [1.165, 1.54) is 26.2 Å². The second kappa shape index (κ2) is 8.79. The highest BCUT2D eigenvalue weighted by atomic mass is 16.6. The summed E-state index contributed by atoms with van der Waals surface area (Å²) in [5, 5.41) is 13.6. The summed E-state index contributed by atoms with van der Waals surface area (Å²) in [7, 11) is 1.53. The van der Waals surface area contributed by atoms with Crippen LogP contribution in [0.25, 0.3) is 0 Å². The van der Waals surface area contributed by atoms with E-state index in [0.29, 0.717) is 11.3 Å². The number of methoxy groups -OCH3 is 1. The number of aryl methyl sites for hydroxylation is 1. The summed E-state index contributed by atoms with van der Waals surface area (Å²) in [6.45, 7) is 3.21. The Morgan fingerprint density at radius 1 is 1.22 bits per heavy atom. The number of esters is 1. The van der Waals surface area contributed by atoms with Crippen LogP contribution in [0, 0.1) is 17.0 Å². The molecular weight excluding hydrogens is 352 g/mol. The SMILES string of the molecule is COc1ccccc1CNC(=O)[C@@H](C)OC(=O)c1ccc(C)c([N+](=O)[O-])c1. The highest BCUT2D eigenvalue weighted by Crippen LogP contribution is 2.20. The number of hydrogen-bond donors (Lipinski definition) is 1. The molecule has 142 valence electrons. The number of hydrogen-bond acceptors (Lipinski definition) is 6. The molecule has 0 saturated heterocycles. The molecule has 0 spiro atoms. The van der Waals surface area contributed by atoms with Crippen molar-refractivity contribution in [2.75, 3.05) is 7.11 Å². The molecule has 0 aliphatic heterocycles. The molecule has 0 aliphatic rings. The van der Waals surface area contributed by atoms with Gasteiger partial charge in [0.2, 0.25) is 0 Å². The minimum atomic E-state index is -1.06. The summed E-state index contributed by atoms with van der Waals surface area (Å²) in [4.78, 5) is 34.8. The Labute approximate surface area is 156 Å². The Hall–Kier alpha value is -3.42. The van der Waals surface area contributed by atoms with Crippen LogP contribution in [0.3, 0.4) is 0 Å². The van der Waals surface area contributed by atoms with Crippen molar-refractivity contribution in [3.8, 4) is 5.75 Å². The highest BCUT2D eigenvalue weighted by Gasteiger charge is 2.21. The molecule has 8 heteroatoms. The van der Waals surface area contributed by atoms with Crippen molar-refractivity contribution in [2.45, 2.75) is 26.5 Å². The van der Waals surface area contributed by atoms with E-state index in [0.717, 1.165) is 11.6 Å². The number of ether oxygens (including phenoxy) is 2. The largest absolute Gasteiger partial charge is 0.496 e. The van der Waals surface area contributed by atoms with Gasteiger partial charge < -0.3 is 14.8 Å². The molecule has 2 aromatic carbocycles. The van der Waals surface area contributed by atoms with Gasteiger partial charge in [0.1, 0.15) is 5.75 Å². The van der Waals surface area contributed by atoms with Crippen molar-refractivity contribution < 1.29 is 24.0 Å². The van der Waals surface area contributed by atoms with Gasteiger partial charge in [-0.25, -0.2) is 4.79 Å². The van der Waals surface area contributed by atoms with Gasteiger partial charge >= 0.3 is 5.97 Å². The number of nitrogens with zero attached hydrogens (tertiary/aromatic N) is 1. The Morgan fingerprint density at radius 2 is 1.93 bits per heavy atom. The van der Waals surface area contributed by atoms with Gasteiger partial charge in [-0.15, -0.1) is 0 Å². The van der Waals surface area contributed by atoms with E-state index >= 15 is 0 Å². The highest BCUT2D eigenvalue weighted by molar-refractivity contribution is 5.93. The first-order chi connectivity index (χ1) is 12.8. The predicted octanol–water partition coefficient (Wildman–Crippen LogP) is 2.77. The Kier molecular flexibility index (Phi) is 6.48. The molecule has 0 unspecified atom stereocenters. The molecule has 2 rings (SSSR count). The van der Waals surface area contributed by atoms with Crippen LogP contribution in [-0.4, -0.2) is 30.0 Å². The van der Waals surface area contributed by atoms with Crippen LogP contribution in [0.4, 0.5) is 5.69 Å². The lowest BCUT2D eigenvalue weighted by Crippen LogP contribution is -2.35. The zero-order valence-corrected chi connectivity index (χ0v) is 15.2. The fourth-order valence-electron chi connectivity index (χ4n) is 2.39. The summed E-state index contributed by atoms with van der Waals surface area (Å²) in [6.07, 6.45) is -1.06. The van der Waals surface area contributed by atoms with E-state index < -0.39 is 22.9 Å². The number of carbonyl (C=O) groups is 2. The van der Waals surface area contributed by atoms with Crippen molar-refractivity contribution in [3.63, 3.8) is 0 Å². The molecule has 8 nitrogen and oxygen atoms in total. The molecule has 1 atom stereocenters. The molecule has 27 heavy (non-hydrogen) atoms. The number of amides is 1. The zero-order chi connectivity index (χ0) is 20.0. The molecule has 0 aromatic heterocycles. The molecule has 0 radical (unpaired) electrons. The maximum Gasteiger partial charge on any atom is 0.339 e. The summed E-state index contributed by atoms with van der Waals surface area (Å²) in [6, 6.07) is 11.2. The lowest BCUT2D eigenvalue weighted by Gasteiger charge is -2.14. The van der Waals surface area contributed by atoms with E-state index in [-0.39, 0.29) is 17.8 Å². The smallest absolute Gasteiger partial charge is 0.339 e. The van der Waals surface area contributed by atoms with Crippen LogP contribution in [-0.2, 0) is 16.1 Å². The van der Waals surface area contributed by atoms with Crippen LogP contribution >= 0.6 is 0 Å². The van der Waals surface area contributed by atoms with Crippen LogP contribution in [0.15, 0.2) is 42.5 Å². The van der Waals surface area contributed by atoms with E-state index in [1.54, 1.807) is 19.1 Å². The lowest BCUT2D eigenvalue weighted by atomic mass is 10.1. The topological polar surface area (TPSA) is 108 Å². The minimum Gasteiger partial charge on any atom is -0.496 e. The normalized spacial score (nSPS) is 11.4. The first-order valence-electron chi connectivity index (χ1n) is 8.19. The summed E-state index contributed by atoms with van der Waals surface area (Å²) < 4.78 is 10.3. The van der Waals surface area contributed by atoms with Crippen LogP contribution < -0.4 is 10.1 Å². The number of rotatable bonds is 7. The van der Waals surface area contributed by atoms with Crippen LogP contribution in [0.1, 0.15) is 28.4 Å². The monoisotopic (exact) mass is 372 g/mol. The van der Waals surface area contributed by atoms with Crippen LogP contribution in [0.2, 0.25) is 0 Å². The van der Waals surface area contributed by atoms with Crippen molar-refractivity contribution in [3.05, 3.63) is 69.3 Å². The van der Waals surface area contributed by atoms with Gasteiger partial charge in [0, 0.05) is 23.7 Å². The third kappa shape index (κ3) is 5.04. The number of nitro groups is 1. The van der Waals surface area contributed by atoms with Gasteiger partial charge in [0.05, 0.1) is 17.6 Å². The van der Waals surface area contributed by atoms with Crippen molar-refractivity contribution in [2.24, 2.45) is 0 Å². The first-order valence-corrected chi connectivity index (χ1v) is 8.19. The van der Waals surface area contributed by atoms with Crippen molar-refractivity contribution in [1.82, 2.24) is 5.32 Å². The van der Waals surface area contributed by atoms with Gasteiger partial charge in [-0.2, -0.15) is 0 Å². The third-order valence-electron chi connectivity index (χ3n) is 3.94. The number of nitrogens with one attached hydrogen (secondary N) is 1. The summed E-state index contributed by atoms with van der Waals surface area (Å²) in [5.41, 5.74) is 1.04. The van der Waals surface area contributed by atoms with Crippen molar-refractivity contribution >= 4 is 17.6 Å². The zero-order valence-electron chi connectivity index (χ0n) is 15.2. The molecule has 2 aromatic rings. The number of nitro benzene ring substituents is 1. The third-order valence-corrected chi connectivity index (χ3v) is 3.94. The van der Waals surface area contributed by atoms with E-state index in [9.17, 15) is 19.7 Å². The summed E-state index contributed by atoms with van der Waals surface area (Å²) in [5.74, 6) is -0.664. The first kappa shape index (κ1) is 19.9. The molecule has 0 fully saturated rings. The predicted molar refractivity (Wildman–Crippen MR) is 97.6 cm³/mol. The molecule has 1 amide bonds. The fourth-order valence-corrected chi connectivity index (χ4v) is 2.39. The molecule has 0 bridgehead atoms. The van der Waals surface area contributed by atoms with Crippen LogP contribution in [0.5, 0.6) is 5.75 Å². The molecule has 0 heterocycles. The molecule has 0 saturated carbocycles. The maximum absolute atomic E-state index is 12.2. The second-order valence-electron chi connectivity index (χ2n) is 5.84. The average molecular weight is 372 g/mol. The Balaban J connectivity index is 1.98. The molecule has 1 N–H and O–H groups in total. The Bertz CT molecular complexity index is 865. The van der Waals surface area contributed by atoms with E-state index in [1.807, 2.05) is 12.1 Å².